The molecule has 17 heavy (non-hydrogen) atoms. The Morgan fingerprint density at radius 3 is 2.71 bits per heavy atom. The van der Waals surface area contributed by atoms with Crippen LogP contribution in [0.1, 0.15) is 0 Å². The van der Waals surface area contributed by atoms with E-state index in [1.807, 2.05) is 14.1 Å². The van der Waals surface area contributed by atoms with Gasteiger partial charge in [0.25, 0.3) is 5.91 Å². The molecule has 0 aromatic carbocycles. The second kappa shape index (κ2) is 8.33. The van der Waals surface area contributed by atoms with Gasteiger partial charge in [-0.15, -0.1) is 0 Å². The Balaban J connectivity index is 4.37. The Bertz CT molecular complexity index is 342. The van der Waals surface area contributed by atoms with Gasteiger partial charge < -0.3 is 20.4 Å². The molecule has 0 saturated heterocycles. The summed E-state index contributed by atoms with van der Waals surface area (Å²) >= 11 is 0. The molecule has 0 aliphatic rings. The minimum atomic E-state index is -1.02. The number of hydrogen-bond acceptors (Lipinski definition) is 5. The SMILES string of the molecule is CN(C)/C=C/C=C(\C#N)C(=O)NCC(O)CO. The van der Waals surface area contributed by atoms with Gasteiger partial charge in [0.2, 0.25) is 0 Å². The van der Waals surface area contributed by atoms with E-state index in [2.05, 4.69) is 5.32 Å². The summed E-state index contributed by atoms with van der Waals surface area (Å²) in [5, 5.41) is 28.7. The smallest absolute Gasteiger partial charge is 0.262 e. The van der Waals surface area contributed by atoms with Gasteiger partial charge in [0.15, 0.2) is 0 Å². The molecule has 1 atom stereocenters. The zero-order chi connectivity index (χ0) is 13.3. The van der Waals surface area contributed by atoms with Crippen LogP contribution in [0.2, 0.25) is 0 Å². The standard InChI is InChI=1S/C11H17N3O3/c1-14(2)5-3-4-9(6-12)11(17)13-7-10(16)8-15/h3-5,10,15-16H,7-8H2,1-2H3,(H,13,17)/b5-3+,9-4+. The highest BCUT2D eigenvalue weighted by molar-refractivity contribution is 5.97. The highest BCUT2D eigenvalue weighted by atomic mass is 16.3. The van der Waals surface area contributed by atoms with Crippen molar-refractivity contribution in [3.8, 4) is 6.07 Å². The Hall–Kier alpha value is -1.84. The largest absolute Gasteiger partial charge is 0.394 e. The first-order valence-corrected chi connectivity index (χ1v) is 5.03. The van der Waals surface area contributed by atoms with E-state index in [4.69, 9.17) is 15.5 Å². The lowest BCUT2D eigenvalue weighted by atomic mass is 10.2. The van der Waals surface area contributed by atoms with Gasteiger partial charge >= 0.3 is 0 Å². The molecule has 94 valence electrons. The number of nitriles is 1. The van der Waals surface area contributed by atoms with Gasteiger partial charge in [-0.25, -0.2) is 0 Å². The number of aliphatic hydroxyl groups excluding tert-OH is 2. The molecule has 0 radical (unpaired) electrons. The number of hydrogen-bond donors (Lipinski definition) is 3. The van der Waals surface area contributed by atoms with Crippen molar-refractivity contribution in [3.05, 3.63) is 23.9 Å². The van der Waals surface area contributed by atoms with Crippen LogP contribution in [-0.2, 0) is 4.79 Å². The Morgan fingerprint density at radius 1 is 1.59 bits per heavy atom. The molecular formula is C11H17N3O3. The van der Waals surface area contributed by atoms with Crippen LogP contribution in [0, 0.1) is 11.3 Å². The Morgan fingerprint density at radius 2 is 2.24 bits per heavy atom. The maximum atomic E-state index is 11.4. The lowest BCUT2D eigenvalue weighted by Crippen LogP contribution is -2.34. The molecular weight excluding hydrogens is 222 g/mol. The summed E-state index contributed by atoms with van der Waals surface area (Å²) in [7, 11) is 3.63. The summed E-state index contributed by atoms with van der Waals surface area (Å²) in [6.45, 7) is -0.530. The maximum Gasteiger partial charge on any atom is 0.262 e. The summed E-state index contributed by atoms with van der Waals surface area (Å²) in [6, 6.07) is 1.75. The maximum absolute atomic E-state index is 11.4. The summed E-state index contributed by atoms with van der Waals surface area (Å²) < 4.78 is 0. The molecule has 6 heteroatoms. The first kappa shape index (κ1) is 15.2. The fourth-order valence-electron chi connectivity index (χ4n) is 0.845. The first-order valence-electron chi connectivity index (χ1n) is 5.03. The Kier molecular flexibility index (Phi) is 7.43. The van der Waals surface area contributed by atoms with Gasteiger partial charge in [-0.05, 0) is 18.4 Å². The van der Waals surface area contributed by atoms with Crippen LogP contribution in [0.4, 0.5) is 0 Å². The van der Waals surface area contributed by atoms with Crippen LogP contribution < -0.4 is 5.32 Å². The fourth-order valence-corrected chi connectivity index (χ4v) is 0.845. The molecule has 0 aliphatic heterocycles. The van der Waals surface area contributed by atoms with Gasteiger partial charge in [0, 0.05) is 20.6 Å². The third-order valence-corrected chi connectivity index (χ3v) is 1.72. The van der Waals surface area contributed by atoms with E-state index in [0.717, 1.165) is 0 Å². The van der Waals surface area contributed by atoms with Gasteiger partial charge in [-0.1, -0.05) is 0 Å². The predicted octanol–water partition coefficient (Wildman–Crippen LogP) is -1.02. The number of nitrogens with one attached hydrogen (secondary N) is 1. The minimum Gasteiger partial charge on any atom is -0.394 e. The molecule has 3 N–H and O–H groups in total. The van der Waals surface area contributed by atoms with Crippen molar-refractivity contribution in [1.29, 1.82) is 5.26 Å². The van der Waals surface area contributed by atoms with E-state index in [9.17, 15) is 4.79 Å². The minimum absolute atomic E-state index is 0.0618. The van der Waals surface area contributed by atoms with Crippen molar-refractivity contribution in [3.63, 3.8) is 0 Å². The summed E-state index contributed by atoms with van der Waals surface area (Å²) in [6.07, 6.45) is 3.62. The molecule has 0 heterocycles. The zero-order valence-corrected chi connectivity index (χ0v) is 9.92. The van der Waals surface area contributed by atoms with Crippen LogP contribution in [0.25, 0.3) is 0 Å². The number of carbonyl (C=O) groups is 1. The molecule has 0 spiro atoms. The highest BCUT2D eigenvalue weighted by Crippen LogP contribution is 1.94. The highest BCUT2D eigenvalue weighted by Gasteiger charge is 2.09. The van der Waals surface area contributed by atoms with E-state index >= 15 is 0 Å². The van der Waals surface area contributed by atoms with Crippen LogP contribution in [-0.4, -0.2) is 54.4 Å². The summed E-state index contributed by atoms with van der Waals surface area (Å²) in [4.78, 5) is 13.2. The number of rotatable bonds is 6. The van der Waals surface area contributed by atoms with Gasteiger partial charge in [-0.3, -0.25) is 4.79 Å². The molecule has 0 saturated carbocycles. The normalized spacial score (nSPS) is 13.2. The molecule has 0 aliphatic carbocycles. The van der Waals surface area contributed by atoms with Gasteiger partial charge in [0.05, 0.1) is 12.7 Å². The van der Waals surface area contributed by atoms with Crippen molar-refractivity contribution in [1.82, 2.24) is 10.2 Å². The van der Waals surface area contributed by atoms with Crippen LogP contribution in [0.15, 0.2) is 23.9 Å². The van der Waals surface area contributed by atoms with E-state index in [1.165, 1.54) is 6.08 Å². The van der Waals surface area contributed by atoms with Crippen LogP contribution >= 0.6 is 0 Å². The molecule has 6 nitrogen and oxygen atoms in total. The van der Waals surface area contributed by atoms with Crippen molar-refractivity contribution in [2.75, 3.05) is 27.2 Å². The quantitative estimate of drug-likeness (QED) is 0.313. The summed E-state index contributed by atoms with van der Waals surface area (Å²) in [5.74, 6) is -0.580. The number of carbonyl (C=O) groups excluding carboxylic acids is 1. The summed E-state index contributed by atoms with van der Waals surface area (Å²) in [5.41, 5.74) is -0.0618. The number of aliphatic hydroxyl groups is 2. The van der Waals surface area contributed by atoms with Crippen molar-refractivity contribution in [2.24, 2.45) is 0 Å². The number of nitrogens with zero attached hydrogens (tertiary/aromatic N) is 2. The third-order valence-electron chi connectivity index (χ3n) is 1.72. The molecule has 1 unspecified atom stereocenters. The second-order valence-electron chi connectivity index (χ2n) is 3.54. The molecule has 0 aromatic heterocycles. The lowest BCUT2D eigenvalue weighted by molar-refractivity contribution is -0.117. The van der Waals surface area contributed by atoms with Crippen molar-refractivity contribution in [2.45, 2.75) is 6.10 Å². The van der Waals surface area contributed by atoms with E-state index in [0.29, 0.717) is 0 Å². The van der Waals surface area contributed by atoms with Crippen LogP contribution in [0.3, 0.4) is 0 Å². The molecule has 0 bridgehead atoms. The lowest BCUT2D eigenvalue weighted by Gasteiger charge is -2.07. The van der Waals surface area contributed by atoms with Gasteiger partial charge in [-0.2, -0.15) is 5.26 Å². The van der Waals surface area contributed by atoms with E-state index in [1.54, 1.807) is 23.2 Å². The van der Waals surface area contributed by atoms with Gasteiger partial charge in [0.1, 0.15) is 11.6 Å². The molecule has 0 fully saturated rings. The van der Waals surface area contributed by atoms with Crippen molar-refractivity contribution >= 4 is 5.91 Å². The van der Waals surface area contributed by atoms with E-state index in [-0.39, 0.29) is 12.1 Å². The Labute approximate surface area is 100 Å². The second-order valence-corrected chi connectivity index (χ2v) is 3.54. The average Bonchev–Trinajstić information content (AvgIpc) is 2.30. The zero-order valence-electron chi connectivity index (χ0n) is 9.92. The van der Waals surface area contributed by atoms with Crippen molar-refractivity contribution < 1.29 is 15.0 Å². The number of allylic oxidation sites excluding steroid dienone is 2. The molecule has 0 aromatic rings. The number of amides is 1. The first-order chi connectivity index (χ1) is 8.01. The molecule has 1 amide bonds. The topological polar surface area (TPSA) is 96.6 Å². The third kappa shape index (κ3) is 7.11. The monoisotopic (exact) mass is 239 g/mol. The van der Waals surface area contributed by atoms with Crippen LogP contribution in [0.5, 0.6) is 0 Å². The van der Waals surface area contributed by atoms with E-state index < -0.39 is 18.6 Å². The predicted molar refractivity (Wildman–Crippen MR) is 62.6 cm³/mol. The fraction of sp³-hybridized carbons (Fsp3) is 0.455. The average molecular weight is 239 g/mol. The molecule has 0 rings (SSSR count).